The van der Waals surface area contributed by atoms with Crippen molar-refractivity contribution in [2.45, 2.75) is 39.5 Å². The number of hydrogen-bond donors (Lipinski definition) is 2. The summed E-state index contributed by atoms with van der Waals surface area (Å²) in [5.41, 5.74) is 0.721. The molecule has 1 fully saturated rings. The number of anilines is 1. The van der Waals surface area contributed by atoms with Gasteiger partial charge in [-0.25, -0.2) is 4.98 Å². The smallest absolute Gasteiger partial charge is 0.253 e. The van der Waals surface area contributed by atoms with Crippen LogP contribution in [0.15, 0.2) is 12.3 Å². The van der Waals surface area contributed by atoms with E-state index in [1.54, 1.807) is 6.07 Å². The predicted octanol–water partition coefficient (Wildman–Crippen LogP) is 3.48. The summed E-state index contributed by atoms with van der Waals surface area (Å²) in [4.78, 5) is 16.4. The zero-order chi connectivity index (χ0) is 14.6. The van der Waals surface area contributed by atoms with E-state index in [4.69, 9.17) is 11.6 Å². The lowest BCUT2D eigenvalue weighted by Crippen LogP contribution is -2.34. The standard InChI is InChI=1S/C15H22ClN3O/c1-3-17-13-8-11(12(16)9-18-13)14(20)19-10-15(2)6-4-5-7-15/h8-9H,3-7,10H2,1-2H3,(H,17,18)(H,19,20). The number of amides is 1. The number of carbonyl (C=O) groups is 1. The van der Waals surface area contributed by atoms with Gasteiger partial charge >= 0.3 is 0 Å². The van der Waals surface area contributed by atoms with E-state index < -0.39 is 0 Å². The molecule has 1 amide bonds. The van der Waals surface area contributed by atoms with Crippen molar-refractivity contribution >= 4 is 23.3 Å². The summed E-state index contributed by atoms with van der Waals surface area (Å²) in [7, 11) is 0. The molecule has 20 heavy (non-hydrogen) atoms. The van der Waals surface area contributed by atoms with Crippen molar-refractivity contribution in [2.75, 3.05) is 18.4 Å². The monoisotopic (exact) mass is 295 g/mol. The van der Waals surface area contributed by atoms with Crippen molar-refractivity contribution in [3.8, 4) is 0 Å². The second-order valence-corrected chi connectivity index (χ2v) is 6.19. The molecular formula is C15H22ClN3O. The molecule has 0 atom stereocenters. The summed E-state index contributed by atoms with van der Waals surface area (Å²) >= 11 is 6.07. The summed E-state index contributed by atoms with van der Waals surface area (Å²) in [6.45, 7) is 5.68. The Morgan fingerprint density at radius 1 is 1.45 bits per heavy atom. The first-order valence-corrected chi connectivity index (χ1v) is 7.59. The van der Waals surface area contributed by atoms with Gasteiger partial charge < -0.3 is 10.6 Å². The highest BCUT2D eigenvalue weighted by molar-refractivity contribution is 6.33. The first-order valence-electron chi connectivity index (χ1n) is 7.22. The van der Waals surface area contributed by atoms with Crippen molar-refractivity contribution in [2.24, 2.45) is 5.41 Å². The van der Waals surface area contributed by atoms with Gasteiger partial charge in [0.05, 0.1) is 10.6 Å². The molecule has 1 saturated carbocycles. The van der Waals surface area contributed by atoms with Crippen molar-refractivity contribution in [3.63, 3.8) is 0 Å². The quantitative estimate of drug-likeness (QED) is 0.874. The normalized spacial score (nSPS) is 16.9. The van der Waals surface area contributed by atoms with E-state index >= 15 is 0 Å². The van der Waals surface area contributed by atoms with Gasteiger partial charge in [-0.1, -0.05) is 31.4 Å². The highest BCUT2D eigenvalue weighted by atomic mass is 35.5. The van der Waals surface area contributed by atoms with Gasteiger partial charge in [0.1, 0.15) is 5.82 Å². The molecule has 0 aliphatic heterocycles. The van der Waals surface area contributed by atoms with Crippen LogP contribution in [0.3, 0.4) is 0 Å². The summed E-state index contributed by atoms with van der Waals surface area (Å²) in [6.07, 6.45) is 6.39. The third-order valence-corrected chi connectivity index (χ3v) is 4.25. The Kier molecular flexibility index (Phi) is 4.86. The van der Waals surface area contributed by atoms with Crippen molar-refractivity contribution in [1.82, 2.24) is 10.3 Å². The highest BCUT2D eigenvalue weighted by Crippen LogP contribution is 2.36. The van der Waals surface area contributed by atoms with E-state index in [1.807, 2.05) is 6.92 Å². The van der Waals surface area contributed by atoms with Crippen molar-refractivity contribution in [1.29, 1.82) is 0 Å². The topological polar surface area (TPSA) is 54.0 Å². The average Bonchev–Trinajstić information content (AvgIpc) is 2.86. The number of nitrogens with one attached hydrogen (secondary N) is 2. The lowest BCUT2D eigenvalue weighted by atomic mass is 9.89. The second kappa shape index (κ2) is 6.44. The lowest BCUT2D eigenvalue weighted by Gasteiger charge is -2.23. The molecule has 110 valence electrons. The number of carbonyl (C=O) groups excluding carboxylic acids is 1. The van der Waals surface area contributed by atoms with E-state index in [9.17, 15) is 4.79 Å². The molecule has 1 aromatic rings. The van der Waals surface area contributed by atoms with Gasteiger partial charge in [-0.3, -0.25) is 4.79 Å². The largest absolute Gasteiger partial charge is 0.370 e. The van der Waals surface area contributed by atoms with Crippen molar-refractivity contribution in [3.05, 3.63) is 22.8 Å². The van der Waals surface area contributed by atoms with Crippen LogP contribution in [0.5, 0.6) is 0 Å². The first kappa shape index (κ1) is 15.1. The number of halogens is 1. The second-order valence-electron chi connectivity index (χ2n) is 5.78. The Hall–Kier alpha value is -1.29. The maximum atomic E-state index is 12.3. The Labute approximate surface area is 125 Å². The van der Waals surface area contributed by atoms with E-state index in [-0.39, 0.29) is 11.3 Å². The summed E-state index contributed by atoms with van der Waals surface area (Å²) in [5.74, 6) is 0.554. The number of nitrogens with zero attached hydrogens (tertiary/aromatic N) is 1. The molecule has 5 heteroatoms. The van der Waals surface area contributed by atoms with Crippen LogP contribution in [0, 0.1) is 5.41 Å². The van der Waals surface area contributed by atoms with Crippen LogP contribution in [-0.2, 0) is 0 Å². The third-order valence-electron chi connectivity index (χ3n) is 3.94. The Bertz CT molecular complexity index is 484. The fourth-order valence-corrected chi connectivity index (χ4v) is 2.87. The van der Waals surface area contributed by atoms with Gasteiger partial charge in [0.2, 0.25) is 0 Å². The van der Waals surface area contributed by atoms with Crippen LogP contribution in [0.4, 0.5) is 5.82 Å². The Morgan fingerprint density at radius 3 is 2.80 bits per heavy atom. The lowest BCUT2D eigenvalue weighted by molar-refractivity contribution is 0.0934. The zero-order valence-electron chi connectivity index (χ0n) is 12.1. The van der Waals surface area contributed by atoms with E-state index in [1.165, 1.54) is 31.9 Å². The fourth-order valence-electron chi connectivity index (χ4n) is 2.68. The number of pyridine rings is 1. The molecule has 4 nitrogen and oxygen atoms in total. The molecule has 2 rings (SSSR count). The fraction of sp³-hybridized carbons (Fsp3) is 0.600. The SMILES string of the molecule is CCNc1cc(C(=O)NCC2(C)CCCC2)c(Cl)cn1. The maximum absolute atomic E-state index is 12.3. The molecule has 1 aliphatic rings. The molecule has 0 aromatic carbocycles. The molecule has 2 N–H and O–H groups in total. The number of aromatic nitrogens is 1. The van der Waals surface area contributed by atoms with E-state index in [0.29, 0.717) is 22.9 Å². The van der Waals surface area contributed by atoms with Gasteiger partial charge in [-0.2, -0.15) is 0 Å². The van der Waals surface area contributed by atoms with E-state index in [0.717, 1.165) is 6.54 Å². The third kappa shape index (κ3) is 3.63. The highest BCUT2D eigenvalue weighted by Gasteiger charge is 2.29. The van der Waals surface area contributed by atoms with Crippen LogP contribution in [0.1, 0.15) is 49.9 Å². The minimum absolute atomic E-state index is 0.121. The van der Waals surface area contributed by atoms with Crippen molar-refractivity contribution < 1.29 is 4.79 Å². The predicted molar refractivity (Wildman–Crippen MR) is 82.3 cm³/mol. The van der Waals surface area contributed by atoms with Gasteiger partial charge in [-0.05, 0) is 31.2 Å². The van der Waals surface area contributed by atoms with Gasteiger partial charge in [0.25, 0.3) is 5.91 Å². The van der Waals surface area contributed by atoms with Gasteiger partial charge in [0, 0.05) is 19.3 Å². The molecular weight excluding hydrogens is 274 g/mol. The average molecular weight is 296 g/mol. The molecule has 0 saturated heterocycles. The molecule has 0 spiro atoms. The Morgan fingerprint density at radius 2 is 2.15 bits per heavy atom. The number of rotatable bonds is 5. The molecule has 1 heterocycles. The van der Waals surface area contributed by atoms with Crippen LogP contribution >= 0.6 is 11.6 Å². The van der Waals surface area contributed by atoms with E-state index in [2.05, 4.69) is 22.5 Å². The molecule has 0 bridgehead atoms. The zero-order valence-corrected chi connectivity index (χ0v) is 12.9. The summed E-state index contributed by atoms with van der Waals surface area (Å²) in [5, 5.41) is 6.49. The van der Waals surface area contributed by atoms with Gasteiger partial charge in [0.15, 0.2) is 0 Å². The van der Waals surface area contributed by atoms with Gasteiger partial charge in [-0.15, -0.1) is 0 Å². The van der Waals surface area contributed by atoms with Crippen LogP contribution in [0.2, 0.25) is 5.02 Å². The minimum atomic E-state index is -0.121. The molecule has 1 aliphatic carbocycles. The van der Waals surface area contributed by atoms with Crippen LogP contribution in [0.25, 0.3) is 0 Å². The van der Waals surface area contributed by atoms with Crippen LogP contribution < -0.4 is 10.6 Å². The maximum Gasteiger partial charge on any atom is 0.253 e. The molecule has 1 aromatic heterocycles. The Balaban J connectivity index is 2.02. The number of hydrogen-bond acceptors (Lipinski definition) is 3. The summed E-state index contributed by atoms with van der Waals surface area (Å²) < 4.78 is 0. The molecule has 0 radical (unpaired) electrons. The van der Waals surface area contributed by atoms with Crippen LogP contribution in [-0.4, -0.2) is 24.0 Å². The summed E-state index contributed by atoms with van der Waals surface area (Å²) in [6, 6.07) is 1.71. The first-order chi connectivity index (χ1) is 9.54. The minimum Gasteiger partial charge on any atom is -0.370 e. The molecule has 0 unspecified atom stereocenters.